The van der Waals surface area contributed by atoms with E-state index in [2.05, 4.69) is 10.6 Å². The van der Waals surface area contributed by atoms with Crippen molar-refractivity contribution in [3.63, 3.8) is 0 Å². The minimum Gasteiger partial charge on any atom is -0.445 e. The molecule has 0 aliphatic rings. The number of benzene rings is 1. The van der Waals surface area contributed by atoms with Crippen LogP contribution in [0.5, 0.6) is 0 Å². The second-order valence-corrected chi connectivity index (χ2v) is 6.53. The van der Waals surface area contributed by atoms with Crippen molar-refractivity contribution in [3.05, 3.63) is 35.9 Å². The number of alkyl carbamates (subject to hydrolysis) is 2. The van der Waals surface area contributed by atoms with Crippen LogP contribution in [0.4, 0.5) is 9.59 Å². The van der Waals surface area contributed by atoms with Gasteiger partial charge in [0, 0.05) is 12.6 Å². The van der Waals surface area contributed by atoms with Crippen LogP contribution in [-0.4, -0.2) is 30.4 Å². The molecular weight excluding hydrogens is 308 g/mol. The number of nitrogens with one attached hydrogen (secondary N) is 2. The standard InChI is InChI=1S/C18H28N2O4/c1-5-15(20-17(22)24-18(2,3)4)11-12-19-16(21)23-13-14-9-7-6-8-10-14/h6-10,15H,5,11-13H2,1-4H3,(H,19,21)(H,20,22). The Balaban J connectivity index is 2.23. The lowest BCUT2D eigenvalue weighted by Crippen LogP contribution is -2.40. The van der Waals surface area contributed by atoms with E-state index in [1.54, 1.807) is 0 Å². The molecule has 0 spiro atoms. The van der Waals surface area contributed by atoms with Crippen LogP contribution in [-0.2, 0) is 16.1 Å². The maximum atomic E-state index is 11.7. The van der Waals surface area contributed by atoms with Crippen molar-refractivity contribution < 1.29 is 19.1 Å². The van der Waals surface area contributed by atoms with Crippen LogP contribution in [0.25, 0.3) is 0 Å². The summed E-state index contributed by atoms with van der Waals surface area (Å²) in [7, 11) is 0. The molecule has 0 aliphatic carbocycles. The third kappa shape index (κ3) is 9.02. The Morgan fingerprint density at radius 1 is 1.12 bits per heavy atom. The Labute approximate surface area is 143 Å². The van der Waals surface area contributed by atoms with Gasteiger partial charge in [-0.3, -0.25) is 0 Å². The third-order valence-corrected chi connectivity index (χ3v) is 3.19. The molecule has 6 nitrogen and oxygen atoms in total. The van der Waals surface area contributed by atoms with Gasteiger partial charge in [-0.05, 0) is 39.2 Å². The van der Waals surface area contributed by atoms with Gasteiger partial charge in [-0.1, -0.05) is 37.3 Å². The van der Waals surface area contributed by atoms with E-state index in [1.165, 1.54) is 0 Å². The lowest BCUT2D eigenvalue weighted by Gasteiger charge is -2.23. The Kier molecular flexibility index (Phi) is 8.09. The lowest BCUT2D eigenvalue weighted by molar-refractivity contribution is 0.0501. The van der Waals surface area contributed by atoms with Crippen molar-refractivity contribution in [2.24, 2.45) is 0 Å². The van der Waals surface area contributed by atoms with E-state index in [4.69, 9.17) is 9.47 Å². The van der Waals surface area contributed by atoms with Crippen LogP contribution in [0, 0.1) is 0 Å². The highest BCUT2D eigenvalue weighted by Gasteiger charge is 2.18. The molecule has 24 heavy (non-hydrogen) atoms. The molecule has 0 fully saturated rings. The molecule has 2 amide bonds. The topological polar surface area (TPSA) is 76.7 Å². The molecule has 134 valence electrons. The van der Waals surface area contributed by atoms with E-state index in [1.807, 2.05) is 58.0 Å². The summed E-state index contributed by atoms with van der Waals surface area (Å²) in [5.41, 5.74) is 0.410. The first-order chi connectivity index (χ1) is 11.3. The quantitative estimate of drug-likeness (QED) is 0.797. The fourth-order valence-corrected chi connectivity index (χ4v) is 1.98. The van der Waals surface area contributed by atoms with Crippen molar-refractivity contribution in [1.82, 2.24) is 10.6 Å². The average molecular weight is 336 g/mol. The number of carbonyl (C=O) groups is 2. The predicted octanol–water partition coefficient (Wildman–Crippen LogP) is 3.61. The zero-order valence-corrected chi connectivity index (χ0v) is 14.9. The minimum atomic E-state index is -0.526. The summed E-state index contributed by atoms with van der Waals surface area (Å²) >= 11 is 0. The van der Waals surface area contributed by atoms with E-state index >= 15 is 0 Å². The van der Waals surface area contributed by atoms with Gasteiger partial charge in [-0.2, -0.15) is 0 Å². The molecule has 0 heterocycles. The van der Waals surface area contributed by atoms with Crippen LogP contribution in [0.2, 0.25) is 0 Å². The maximum Gasteiger partial charge on any atom is 0.407 e. The van der Waals surface area contributed by atoms with Crippen LogP contribution in [0.1, 0.15) is 46.1 Å². The van der Waals surface area contributed by atoms with Crippen molar-refractivity contribution in [1.29, 1.82) is 0 Å². The van der Waals surface area contributed by atoms with Gasteiger partial charge in [-0.25, -0.2) is 9.59 Å². The Bertz CT molecular complexity index is 512. The summed E-state index contributed by atoms with van der Waals surface area (Å²) in [6.07, 6.45) is 0.447. The molecule has 0 aliphatic heterocycles. The molecule has 0 bridgehead atoms. The lowest BCUT2D eigenvalue weighted by atomic mass is 10.1. The second kappa shape index (κ2) is 9.80. The molecule has 0 saturated carbocycles. The van der Waals surface area contributed by atoms with E-state index in [0.717, 1.165) is 12.0 Å². The Morgan fingerprint density at radius 2 is 1.79 bits per heavy atom. The fourth-order valence-electron chi connectivity index (χ4n) is 1.98. The normalized spacial score (nSPS) is 12.2. The van der Waals surface area contributed by atoms with Crippen LogP contribution >= 0.6 is 0 Å². The number of hydrogen-bond donors (Lipinski definition) is 2. The zero-order valence-electron chi connectivity index (χ0n) is 14.9. The highest BCUT2D eigenvalue weighted by molar-refractivity contribution is 5.68. The number of carbonyl (C=O) groups excluding carboxylic acids is 2. The smallest absolute Gasteiger partial charge is 0.407 e. The zero-order chi connectivity index (χ0) is 18.0. The average Bonchev–Trinajstić information content (AvgIpc) is 2.51. The molecule has 0 saturated heterocycles. The maximum absolute atomic E-state index is 11.7. The number of amides is 2. The van der Waals surface area contributed by atoms with Crippen molar-refractivity contribution in [2.45, 2.75) is 58.8 Å². The molecule has 2 N–H and O–H groups in total. The molecule has 0 aromatic heterocycles. The molecule has 1 aromatic carbocycles. The summed E-state index contributed by atoms with van der Waals surface area (Å²) in [4.78, 5) is 23.4. The minimum absolute atomic E-state index is 0.0609. The van der Waals surface area contributed by atoms with Gasteiger partial charge in [0.15, 0.2) is 0 Å². The van der Waals surface area contributed by atoms with E-state index < -0.39 is 17.8 Å². The van der Waals surface area contributed by atoms with Gasteiger partial charge in [0.1, 0.15) is 12.2 Å². The Hall–Kier alpha value is -2.24. The number of rotatable bonds is 7. The van der Waals surface area contributed by atoms with Crippen LogP contribution in [0.15, 0.2) is 30.3 Å². The van der Waals surface area contributed by atoms with Crippen molar-refractivity contribution >= 4 is 12.2 Å². The number of hydrogen-bond acceptors (Lipinski definition) is 4. The summed E-state index contributed by atoms with van der Waals surface area (Å²) in [5.74, 6) is 0. The predicted molar refractivity (Wildman–Crippen MR) is 92.7 cm³/mol. The molecule has 1 aromatic rings. The van der Waals surface area contributed by atoms with Crippen LogP contribution in [0.3, 0.4) is 0 Å². The summed E-state index contributed by atoms with van der Waals surface area (Å²) < 4.78 is 10.4. The largest absolute Gasteiger partial charge is 0.445 e. The third-order valence-electron chi connectivity index (χ3n) is 3.19. The molecular formula is C18H28N2O4. The van der Waals surface area contributed by atoms with Gasteiger partial charge in [0.25, 0.3) is 0 Å². The summed E-state index contributed by atoms with van der Waals surface area (Å²) in [5, 5.41) is 5.49. The van der Waals surface area contributed by atoms with E-state index in [0.29, 0.717) is 13.0 Å². The number of ether oxygens (including phenoxy) is 2. The van der Waals surface area contributed by atoms with Gasteiger partial charge in [0.05, 0.1) is 0 Å². The molecule has 6 heteroatoms. The highest BCUT2D eigenvalue weighted by atomic mass is 16.6. The Morgan fingerprint density at radius 3 is 2.38 bits per heavy atom. The second-order valence-electron chi connectivity index (χ2n) is 6.53. The molecule has 1 unspecified atom stereocenters. The summed E-state index contributed by atoms with van der Waals surface area (Å²) in [6.45, 7) is 8.07. The van der Waals surface area contributed by atoms with E-state index in [9.17, 15) is 9.59 Å². The highest BCUT2D eigenvalue weighted by Crippen LogP contribution is 2.08. The van der Waals surface area contributed by atoms with E-state index in [-0.39, 0.29) is 12.6 Å². The van der Waals surface area contributed by atoms with Crippen molar-refractivity contribution in [3.8, 4) is 0 Å². The van der Waals surface area contributed by atoms with Gasteiger partial charge in [0.2, 0.25) is 0 Å². The van der Waals surface area contributed by atoms with Gasteiger partial charge < -0.3 is 20.1 Å². The first-order valence-electron chi connectivity index (χ1n) is 8.24. The molecule has 1 atom stereocenters. The molecule has 1 rings (SSSR count). The van der Waals surface area contributed by atoms with Gasteiger partial charge >= 0.3 is 12.2 Å². The van der Waals surface area contributed by atoms with Crippen molar-refractivity contribution in [2.75, 3.05) is 6.54 Å². The first kappa shape index (κ1) is 19.8. The van der Waals surface area contributed by atoms with Gasteiger partial charge in [-0.15, -0.1) is 0 Å². The summed E-state index contributed by atoms with van der Waals surface area (Å²) in [6, 6.07) is 9.42. The monoisotopic (exact) mass is 336 g/mol. The SMILES string of the molecule is CCC(CCNC(=O)OCc1ccccc1)NC(=O)OC(C)(C)C. The molecule has 0 radical (unpaired) electrons. The fraction of sp³-hybridized carbons (Fsp3) is 0.556. The first-order valence-corrected chi connectivity index (χ1v) is 8.24. The van der Waals surface area contributed by atoms with Crippen LogP contribution < -0.4 is 10.6 Å².